The van der Waals surface area contributed by atoms with Crippen molar-refractivity contribution in [2.24, 2.45) is 0 Å². The van der Waals surface area contributed by atoms with Crippen LogP contribution < -0.4 is 14.8 Å². The maximum atomic E-state index is 12.5. The maximum absolute atomic E-state index is 12.5. The number of nitrogens with one attached hydrogen (secondary N) is 2. The highest BCUT2D eigenvalue weighted by molar-refractivity contribution is 5.93. The van der Waals surface area contributed by atoms with E-state index in [0.29, 0.717) is 6.54 Å². The molecule has 2 aliphatic heterocycles. The van der Waals surface area contributed by atoms with Crippen LogP contribution >= 0.6 is 0 Å². The number of H-pyrrole nitrogens is 1. The number of hydrogen-bond donors (Lipinski definition) is 2. The molecular weight excluding hydrogens is 320 g/mol. The second-order valence-electron chi connectivity index (χ2n) is 6.60. The number of hydrogen-bond acceptors (Lipinski definition) is 5. The van der Waals surface area contributed by atoms with E-state index < -0.39 is 0 Å². The Kier molecular flexibility index (Phi) is 4.09. The molecule has 1 amide bonds. The number of nitrogens with zero attached hydrogens (tertiary/aromatic N) is 2. The fourth-order valence-electron chi connectivity index (χ4n) is 3.61. The number of carbonyl (C=O) groups excluding carboxylic acids is 1. The van der Waals surface area contributed by atoms with E-state index in [9.17, 15) is 4.79 Å². The molecule has 7 nitrogen and oxygen atoms in total. The largest absolute Gasteiger partial charge is 0.454 e. The number of aromatic amines is 1. The number of ether oxygens (including phenoxy) is 2. The first-order valence-corrected chi connectivity index (χ1v) is 8.57. The molecule has 25 heavy (non-hydrogen) atoms. The molecule has 1 aromatic carbocycles. The first kappa shape index (κ1) is 16.0. The number of fused-ring (bicyclic) bond motifs is 1. The molecule has 1 fully saturated rings. The van der Waals surface area contributed by atoms with Crippen LogP contribution in [0.15, 0.2) is 18.2 Å². The number of amides is 1. The molecule has 0 radical (unpaired) electrons. The van der Waals surface area contributed by atoms with E-state index in [-0.39, 0.29) is 18.7 Å². The fourth-order valence-corrected chi connectivity index (χ4v) is 3.61. The van der Waals surface area contributed by atoms with E-state index in [1.165, 1.54) is 5.56 Å². The molecule has 0 spiro atoms. The summed E-state index contributed by atoms with van der Waals surface area (Å²) in [7, 11) is 0. The van der Waals surface area contributed by atoms with Gasteiger partial charge in [0.1, 0.15) is 0 Å². The Balaban J connectivity index is 1.45. The third kappa shape index (κ3) is 3.07. The van der Waals surface area contributed by atoms with Gasteiger partial charge in [-0.3, -0.25) is 14.8 Å². The molecule has 2 aliphatic rings. The van der Waals surface area contributed by atoms with E-state index >= 15 is 0 Å². The molecule has 0 unspecified atom stereocenters. The van der Waals surface area contributed by atoms with Crippen LogP contribution in [-0.2, 0) is 4.79 Å². The van der Waals surface area contributed by atoms with Crippen LogP contribution in [-0.4, -0.2) is 40.9 Å². The zero-order valence-corrected chi connectivity index (χ0v) is 14.5. The third-order valence-electron chi connectivity index (χ3n) is 4.88. The second kappa shape index (κ2) is 6.40. The fraction of sp³-hybridized carbons (Fsp3) is 0.444. The van der Waals surface area contributed by atoms with Crippen LogP contribution in [0.2, 0.25) is 0 Å². The highest BCUT2D eigenvalue weighted by Crippen LogP contribution is 2.38. The van der Waals surface area contributed by atoms with Crippen LogP contribution in [0.1, 0.15) is 35.8 Å². The topological polar surface area (TPSA) is 79.5 Å². The average molecular weight is 342 g/mol. The van der Waals surface area contributed by atoms with Gasteiger partial charge in [-0.25, -0.2) is 0 Å². The smallest absolute Gasteiger partial charge is 0.238 e. The quantitative estimate of drug-likeness (QED) is 0.892. The molecule has 0 aliphatic carbocycles. The molecule has 1 aromatic heterocycles. The predicted molar refractivity (Wildman–Crippen MR) is 92.8 cm³/mol. The molecule has 3 heterocycles. The minimum Gasteiger partial charge on any atom is -0.454 e. The van der Waals surface area contributed by atoms with Crippen LogP contribution in [0, 0.1) is 13.8 Å². The summed E-state index contributed by atoms with van der Waals surface area (Å²) in [5.74, 6) is 1.57. The monoisotopic (exact) mass is 342 g/mol. The molecule has 0 saturated carbocycles. The summed E-state index contributed by atoms with van der Waals surface area (Å²) in [6.45, 7) is 5.34. The van der Waals surface area contributed by atoms with Crippen LogP contribution in [0.25, 0.3) is 0 Å². The Morgan fingerprint density at radius 1 is 1.36 bits per heavy atom. The van der Waals surface area contributed by atoms with Crippen molar-refractivity contribution in [2.75, 3.05) is 25.2 Å². The van der Waals surface area contributed by atoms with Crippen molar-refractivity contribution < 1.29 is 14.3 Å². The van der Waals surface area contributed by atoms with Crippen molar-refractivity contribution in [3.63, 3.8) is 0 Å². The zero-order valence-electron chi connectivity index (χ0n) is 14.5. The molecule has 7 heteroatoms. The van der Waals surface area contributed by atoms with Crippen molar-refractivity contribution in [3.8, 4) is 11.5 Å². The minimum absolute atomic E-state index is 0.0137. The van der Waals surface area contributed by atoms with Crippen molar-refractivity contribution >= 4 is 11.6 Å². The summed E-state index contributed by atoms with van der Waals surface area (Å²) in [4.78, 5) is 14.7. The highest BCUT2D eigenvalue weighted by atomic mass is 16.7. The van der Waals surface area contributed by atoms with Gasteiger partial charge in [-0.1, -0.05) is 6.07 Å². The molecule has 2 N–H and O–H groups in total. The van der Waals surface area contributed by atoms with E-state index in [1.807, 2.05) is 26.0 Å². The lowest BCUT2D eigenvalue weighted by Crippen LogP contribution is -2.33. The lowest BCUT2D eigenvalue weighted by Gasteiger charge is -2.24. The number of benzene rings is 1. The zero-order chi connectivity index (χ0) is 17.4. The average Bonchev–Trinajstić information content (AvgIpc) is 3.31. The molecule has 2 aromatic rings. The molecule has 1 saturated heterocycles. The van der Waals surface area contributed by atoms with E-state index in [1.54, 1.807) is 0 Å². The van der Waals surface area contributed by atoms with E-state index in [0.717, 1.165) is 48.0 Å². The van der Waals surface area contributed by atoms with Crippen LogP contribution in [0.5, 0.6) is 11.5 Å². The van der Waals surface area contributed by atoms with Gasteiger partial charge < -0.3 is 14.8 Å². The number of carbonyl (C=O) groups is 1. The lowest BCUT2D eigenvalue weighted by atomic mass is 10.0. The number of aryl methyl sites for hydroxylation is 2. The van der Waals surface area contributed by atoms with Gasteiger partial charge in [-0.05, 0) is 50.9 Å². The lowest BCUT2D eigenvalue weighted by molar-refractivity contribution is -0.117. The van der Waals surface area contributed by atoms with Gasteiger partial charge in [0.2, 0.25) is 12.7 Å². The van der Waals surface area contributed by atoms with Gasteiger partial charge >= 0.3 is 0 Å². The van der Waals surface area contributed by atoms with Crippen LogP contribution in [0.3, 0.4) is 0 Å². The van der Waals surface area contributed by atoms with Gasteiger partial charge in [-0.2, -0.15) is 5.10 Å². The number of anilines is 1. The summed E-state index contributed by atoms with van der Waals surface area (Å²) in [6, 6.07) is 6.28. The van der Waals surface area contributed by atoms with Gasteiger partial charge in [0.05, 0.1) is 23.6 Å². The molecule has 0 bridgehead atoms. The van der Waals surface area contributed by atoms with E-state index in [4.69, 9.17) is 9.47 Å². The molecule has 1 atom stereocenters. The second-order valence-corrected chi connectivity index (χ2v) is 6.60. The Morgan fingerprint density at radius 2 is 2.20 bits per heavy atom. The maximum Gasteiger partial charge on any atom is 0.238 e. The molecule has 4 rings (SSSR count). The first-order valence-electron chi connectivity index (χ1n) is 8.57. The highest BCUT2D eigenvalue weighted by Gasteiger charge is 2.29. The number of aromatic nitrogens is 2. The van der Waals surface area contributed by atoms with Crippen molar-refractivity contribution in [1.29, 1.82) is 0 Å². The minimum atomic E-state index is -0.0137. The Hall–Kier alpha value is -2.54. The predicted octanol–water partition coefficient (Wildman–Crippen LogP) is 2.53. The van der Waals surface area contributed by atoms with Gasteiger partial charge in [0.15, 0.2) is 11.5 Å². The third-order valence-corrected chi connectivity index (χ3v) is 4.88. The SMILES string of the molecule is Cc1n[nH]c(C)c1NC(=O)CN1CCC[C@H]1c1ccc2c(c1)OCO2. The molecular formula is C18H22N4O3. The summed E-state index contributed by atoms with van der Waals surface area (Å²) in [5, 5.41) is 9.99. The summed E-state index contributed by atoms with van der Waals surface area (Å²) >= 11 is 0. The summed E-state index contributed by atoms with van der Waals surface area (Å²) in [5.41, 5.74) is 3.63. The number of rotatable bonds is 4. The van der Waals surface area contributed by atoms with Crippen molar-refractivity contribution in [3.05, 3.63) is 35.2 Å². The summed E-state index contributed by atoms with van der Waals surface area (Å²) in [6.07, 6.45) is 2.12. The van der Waals surface area contributed by atoms with Crippen LogP contribution in [0.4, 0.5) is 5.69 Å². The van der Waals surface area contributed by atoms with Crippen molar-refractivity contribution in [2.45, 2.75) is 32.7 Å². The van der Waals surface area contributed by atoms with Gasteiger partial charge in [0.25, 0.3) is 0 Å². The first-order chi connectivity index (χ1) is 12.1. The standard InChI is InChI=1S/C18H22N4O3/c1-11-18(12(2)21-20-11)19-17(23)9-22-7-3-4-14(22)13-5-6-15-16(8-13)25-10-24-15/h5-6,8,14H,3-4,7,9-10H2,1-2H3,(H,19,23)(H,20,21)/t14-/m0/s1. The van der Waals surface area contributed by atoms with E-state index in [2.05, 4.69) is 26.5 Å². The normalized spacial score (nSPS) is 19.4. The van der Waals surface area contributed by atoms with Crippen molar-refractivity contribution in [1.82, 2.24) is 15.1 Å². The molecule has 132 valence electrons. The Labute approximate surface area is 146 Å². The Morgan fingerprint density at radius 3 is 3.00 bits per heavy atom. The van der Waals surface area contributed by atoms with Gasteiger partial charge in [0, 0.05) is 6.04 Å². The Bertz CT molecular complexity index is 782. The van der Waals surface area contributed by atoms with Gasteiger partial charge in [-0.15, -0.1) is 0 Å². The number of likely N-dealkylation sites (tertiary alicyclic amines) is 1. The summed E-state index contributed by atoms with van der Waals surface area (Å²) < 4.78 is 10.9.